The first-order valence-corrected chi connectivity index (χ1v) is 6.02. The molecule has 1 heterocycles. The normalized spacial score (nSPS) is 17.1. The number of carbonyl (C=O) groups excluding carboxylic acids is 2. The van der Waals surface area contributed by atoms with Crippen molar-refractivity contribution in [1.82, 2.24) is 5.32 Å². The number of carbonyl (C=O) groups is 3. The quantitative estimate of drug-likeness (QED) is 0.808. The molecule has 2 N–H and O–H groups in total. The maximum Gasteiger partial charge on any atom is 0.307 e. The number of nitrogens with zero attached hydrogens (tertiary/aromatic N) is 1. The zero-order chi connectivity index (χ0) is 14.7. The molecule has 1 aromatic rings. The van der Waals surface area contributed by atoms with Crippen LogP contribution in [0.4, 0.5) is 5.69 Å². The Balaban J connectivity index is 2.33. The number of nitrogens with one attached hydrogen (secondary N) is 1. The number of fused-ring (bicyclic) bond motifs is 1. The summed E-state index contributed by atoms with van der Waals surface area (Å²) in [5.41, 5.74) is 0.461. The van der Waals surface area contributed by atoms with E-state index >= 15 is 0 Å². The van der Waals surface area contributed by atoms with E-state index in [1.165, 1.54) is 11.9 Å². The van der Waals surface area contributed by atoms with Crippen LogP contribution in [-0.4, -0.2) is 42.6 Å². The molecule has 0 fully saturated rings. The molecule has 1 aliphatic rings. The monoisotopic (exact) mass is 278 g/mol. The summed E-state index contributed by atoms with van der Waals surface area (Å²) >= 11 is 0. The van der Waals surface area contributed by atoms with E-state index in [1.807, 2.05) is 0 Å². The number of amides is 2. The number of hydrogen-bond acceptors (Lipinski definition) is 4. The molecule has 7 heteroatoms. The predicted molar refractivity (Wildman–Crippen MR) is 69.5 cm³/mol. The van der Waals surface area contributed by atoms with Gasteiger partial charge in [0.25, 0.3) is 5.91 Å². The Labute approximate surface area is 115 Å². The van der Waals surface area contributed by atoms with Crippen molar-refractivity contribution in [3.63, 3.8) is 0 Å². The van der Waals surface area contributed by atoms with Crippen molar-refractivity contribution >= 4 is 23.5 Å². The van der Waals surface area contributed by atoms with Gasteiger partial charge in [-0.3, -0.25) is 19.3 Å². The molecule has 20 heavy (non-hydrogen) atoms. The average Bonchev–Trinajstić information content (AvgIpc) is 2.42. The zero-order valence-electron chi connectivity index (χ0n) is 10.8. The van der Waals surface area contributed by atoms with Crippen molar-refractivity contribution in [2.75, 3.05) is 18.5 Å². The van der Waals surface area contributed by atoms with E-state index in [2.05, 4.69) is 5.32 Å². The molecule has 0 aliphatic carbocycles. The second-order valence-corrected chi connectivity index (χ2v) is 4.27. The average molecular weight is 278 g/mol. The summed E-state index contributed by atoms with van der Waals surface area (Å²) in [6.07, 6.45) is -1.57. The first kappa shape index (κ1) is 13.9. The molecule has 0 saturated heterocycles. The summed E-state index contributed by atoms with van der Waals surface area (Å²) in [6, 6.07) is 6.70. The van der Waals surface area contributed by atoms with Gasteiger partial charge < -0.3 is 15.2 Å². The maximum absolute atomic E-state index is 12.2. The van der Waals surface area contributed by atoms with Crippen LogP contribution in [-0.2, 0) is 14.4 Å². The van der Waals surface area contributed by atoms with Gasteiger partial charge in [0.2, 0.25) is 5.91 Å². The summed E-state index contributed by atoms with van der Waals surface area (Å²) in [6.45, 7) is -0.175. The summed E-state index contributed by atoms with van der Waals surface area (Å²) in [5.74, 6) is -1.62. The molecule has 0 saturated carbocycles. The molecular formula is C13H14N2O5. The molecule has 0 spiro atoms. The number of rotatable bonds is 4. The fourth-order valence-corrected chi connectivity index (χ4v) is 1.95. The molecule has 1 atom stereocenters. The van der Waals surface area contributed by atoms with Crippen LogP contribution < -0.4 is 15.0 Å². The fourth-order valence-electron chi connectivity index (χ4n) is 1.95. The van der Waals surface area contributed by atoms with Crippen molar-refractivity contribution < 1.29 is 24.2 Å². The molecule has 1 aliphatic heterocycles. The Hall–Kier alpha value is -2.57. The summed E-state index contributed by atoms with van der Waals surface area (Å²) in [7, 11) is 1.47. The Morgan fingerprint density at radius 1 is 1.40 bits per heavy atom. The molecule has 7 nitrogen and oxygen atoms in total. The van der Waals surface area contributed by atoms with Crippen molar-refractivity contribution in [3.8, 4) is 5.75 Å². The molecule has 2 amide bonds. The van der Waals surface area contributed by atoms with Crippen molar-refractivity contribution in [1.29, 1.82) is 0 Å². The minimum Gasteiger partial charge on any atom is -0.481 e. The van der Waals surface area contributed by atoms with Gasteiger partial charge in [0, 0.05) is 7.05 Å². The third-order valence-electron chi connectivity index (χ3n) is 2.91. The van der Waals surface area contributed by atoms with Crippen LogP contribution in [0.3, 0.4) is 0 Å². The maximum atomic E-state index is 12.2. The van der Waals surface area contributed by atoms with E-state index in [-0.39, 0.29) is 12.5 Å². The SMILES string of the molecule is CNC(=O)CN1C(=O)C(CC(=O)O)Oc2ccccc21. The molecule has 0 bridgehead atoms. The van der Waals surface area contributed by atoms with Crippen molar-refractivity contribution in [2.24, 2.45) is 0 Å². The molecule has 106 valence electrons. The lowest BCUT2D eigenvalue weighted by atomic mass is 10.1. The van der Waals surface area contributed by atoms with Crippen molar-refractivity contribution in [2.45, 2.75) is 12.5 Å². The minimum absolute atomic E-state index is 0.175. The van der Waals surface area contributed by atoms with Crippen LogP contribution in [0.5, 0.6) is 5.75 Å². The largest absolute Gasteiger partial charge is 0.481 e. The standard InChI is InChI=1S/C13H14N2O5/c1-14-11(16)7-15-8-4-2-3-5-9(8)20-10(13(15)19)6-12(17)18/h2-5,10H,6-7H2,1H3,(H,14,16)(H,17,18). The number of para-hydroxylation sites is 2. The van der Waals surface area contributed by atoms with E-state index in [9.17, 15) is 14.4 Å². The van der Waals surface area contributed by atoms with Gasteiger partial charge in [-0.25, -0.2) is 0 Å². The molecule has 0 aromatic heterocycles. The van der Waals surface area contributed by atoms with Gasteiger partial charge >= 0.3 is 5.97 Å². The Bertz CT molecular complexity index is 557. The van der Waals surface area contributed by atoms with Gasteiger partial charge in [-0.1, -0.05) is 12.1 Å². The first-order valence-electron chi connectivity index (χ1n) is 6.02. The highest BCUT2D eigenvalue weighted by Crippen LogP contribution is 2.34. The Morgan fingerprint density at radius 2 is 2.10 bits per heavy atom. The van der Waals surface area contributed by atoms with E-state index in [4.69, 9.17) is 9.84 Å². The number of hydrogen-bond donors (Lipinski definition) is 2. The second kappa shape index (κ2) is 5.60. The third-order valence-corrected chi connectivity index (χ3v) is 2.91. The zero-order valence-corrected chi connectivity index (χ0v) is 10.8. The van der Waals surface area contributed by atoms with E-state index < -0.39 is 24.4 Å². The molecule has 0 radical (unpaired) electrons. The molecule has 1 unspecified atom stereocenters. The van der Waals surface area contributed by atoms with E-state index in [1.54, 1.807) is 24.3 Å². The highest BCUT2D eigenvalue weighted by Gasteiger charge is 2.36. The topological polar surface area (TPSA) is 95.9 Å². The fraction of sp³-hybridized carbons (Fsp3) is 0.308. The number of likely N-dealkylation sites (N-methyl/N-ethyl adjacent to an activating group) is 1. The molecular weight excluding hydrogens is 264 g/mol. The Kier molecular flexibility index (Phi) is 3.88. The van der Waals surface area contributed by atoms with E-state index in [0.717, 1.165) is 0 Å². The van der Waals surface area contributed by atoms with Crippen LogP contribution >= 0.6 is 0 Å². The third kappa shape index (κ3) is 2.71. The summed E-state index contributed by atoms with van der Waals surface area (Å²) in [5, 5.41) is 11.2. The number of carboxylic acids is 1. The number of benzene rings is 1. The van der Waals surface area contributed by atoms with Crippen LogP contribution in [0.2, 0.25) is 0 Å². The van der Waals surface area contributed by atoms with Crippen LogP contribution in [0.25, 0.3) is 0 Å². The lowest BCUT2D eigenvalue weighted by Crippen LogP contribution is -2.50. The summed E-state index contributed by atoms with van der Waals surface area (Å²) in [4.78, 5) is 35.8. The second-order valence-electron chi connectivity index (χ2n) is 4.27. The lowest BCUT2D eigenvalue weighted by molar-refractivity contribution is -0.142. The van der Waals surface area contributed by atoms with Gasteiger partial charge in [-0.05, 0) is 12.1 Å². The van der Waals surface area contributed by atoms with Gasteiger partial charge in [-0.2, -0.15) is 0 Å². The van der Waals surface area contributed by atoms with Gasteiger partial charge in [0.05, 0.1) is 12.1 Å². The predicted octanol–water partition coefficient (Wildman–Crippen LogP) is 0.00130. The highest BCUT2D eigenvalue weighted by molar-refractivity contribution is 6.04. The smallest absolute Gasteiger partial charge is 0.307 e. The van der Waals surface area contributed by atoms with E-state index in [0.29, 0.717) is 11.4 Å². The molecule has 2 rings (SSSR count). The van der Waals surface area contributed by atoms with Crippen molar-refractivity contribution in [3.05, 3.63) is 24.3 Å². The lowest BCUT2D eigenvalue weighted by Gasteiger charge is -2.33. The highest BCUT2D eigenvalue weighted by atomic mass is 16.5. The Morgan fingerprint density at radius 3 is 2.75 bits per heavy atom. The number of anilines is 1. The minimum atomic E-state index is -1.14. The summed E-state index contributed by atoms with van der Waals surface area (Å²) < 4.78 is 5.40. The van der Waals surface area contributed by atoms with Gasteiger partial charge in [0.1, 0.15) is 12.3 Å². The van der Waals surface area contributed by atoms with Crippen LogP contribution in [0.15, 0.2) is 24.3 Å². The number of aliphatic carboxylic acids is 1. The van der Waals surface area contributed by atoms with Crippen LogP contribution in [0.1, 0.15) is 6.42 Å². The number of carboxylic acid groups (broad SMARTS) is 1. The number of ether oxygens (including phenoxy) is 1. The molecule has 1 aromatic carbocycles. The first-order chi connectivity index (χ1) is 9.52. The van der Waals surface area contributed by atoms with Crippen LogP contribution in [0, 0.1) is 0 Å². The van der Waals surface area contributed by atoms with Gasteiger partial charge in [-0.15, -0.1) is 0 Å². The van der Waals surface area contributed by atoms with Gasteiger partial charge in [0.15, 0.2) is 6.10 Å².